The fourth-order valence-corrected chi connectivity index (χ4v) is 1.89. The summed E-state index contributed by atoms with van der Waals surface area (Å²) in [6.07, 6.45) is 1.13. The number of aromatic nitrogens is 2. The van der Waals surface area contributed by atoms with Crippen molar-refractivity contribution < 1.29 is 9.90 Å². The monoisotopic (exact) mass is 224 g/mol. The molecule has 0 aliphatic carbocycles. The summed E-state index contributed by atoms with van der Waals surface area (Å²) in [6.45, 7) is 2.79. The Morgan fingerprint density at radius 1 is 1.69 bits per heavy atom. The predicted octanol–water partition coefficient (Wildman–Crippen LogP) is -0.103. The third-order valence-corrected chi connectivity index (χ3v) is 2.88. The van der Waals surface area contributed by atoms with Gasteiger partial charge in [-0.3, -0.25) is 9.89 Å². The summed E-state index contributed by atoms with van der Waals surface area (Å²) in [5.41, 5.74) is 7.09. The smallest absolute Gasteiger partial charge is 0.276 e. The van der Waals surface area contributed by atoms with E-state index in [0.717, 1.165) is 12.8 Å². The van der Waals surface area contributed by atoms with Gasteiger partial charge in [0.15, 0.2) is 5.69 Å². The first kappa shape index (κ1) is 10.9. The Morgan fingerprint density at radius 3 is 3.00 bits per heavy atom. The molecule has 0 radical (unpaired) electrons. The number of amides is 1. The minimum Gasteiger partial charge on any atom is -0.395 e. The third kappa shape index (κ3) is 1.88. The molecule has 1 fully saturated rings. The van der Waals surface area contributed by atoms with Gasteiger partial charge in [-0.2, -0.15) is 5.10 Å². The molecular formula is C10H16N4O2. The van der Waals surface area contributed by atoms with Crippen molar-refractivity contribution in [1.29, 1.82) is 0 Å². The molecule has 1 amide bonds. The first-order chi connectivity index (χ1) is 7.59. The van der Waals surface area contributed by atoms with Gasteiger partial charge in [0.1, 0.15) is 0 Å². The predicted molar refractivity (Wildman–Crippen MR) is 58.9 cm³/mol. The number of piperidine rings is 1. The van der Waals surface area contributed by atoms with E-state index in [4.69, 9.17) is 5.73 Å². The topological polar surface area (TPSA) is 95.2 Å². The van der Waals surface area contributed by atoms with E-state index in [1.807, 2.05) is 0 Å². The van der Waals surface area contributed by atoms with Crippen LogP contribution in [0.25, 0.3) is 0 Å². The Balaban J connectivity index is 2.15. The van der Waals surface area contributed by atoms with E-state index in [1.54, 1.807) is 11.8 Å². The van der Waals surface area contributed by atoms with Gasteiger partial charge in [0.2, 0.25) is 0 Å². The number of nitrogens with one attached hydrogen (secondary N) is 1. The molecule has 4 N–H and O–H groups in total. The molecule has 1 atom stereocenters. The number of β-amino-alcohol motifs (C(OH)–C–C–N with tert-alkyl or cyclic N) is 1. The van der Waals surface area contributed by atoms with Gasteiger partial charge < -0.3 is 15.7 Å². The van der Waals surface area contributed by atoms with Crippen LogP contribution in [0.2, 0.25) is 0 Å². The largest absolute Gasteiger partial charge is 0.395 e. The molecule has 16 heavy (non-hydrogen) atoms. The van der Waals surface area contributed by atoms with Crippen LogP contribution in [-0.4, -0.2) is 45.3 Å². The van der Waals surface area contributed by atoms with Crippen molar-refractivity contribution >= 4 is 11.6 Å². The van der Waals surface area contributed by atoms with Crippen LogP contribution in [0, 0.1) is 6.92 Å². The number of carbonyl (C=O) groups excluding carboxylic acids is 1. The van der Waals surface area contributed by atoms with Crippen LogP contribution in [0.4, 0.5) is 5.69 Å². The number of H-pyrrole nitrogens is 1. The maximum atomic E-state index is 12.0. The molecule has 1 aromatic rings. The van der Waals surface area contributed by atoms with Gasteiger partial charge >= 0.3 is 0 Å². The number of nitrogens with zero attached hydrogens (tertiary/aromatic N) is 2. The molecule has 1 unspecified atom stereocenters. The number of aryl methyl sites for hydroxylation is 1. The summed E-state index contributed by atoms with van der Waals surface area (Å²) in [5, 5.41) is 16.1. The first-order valence-corrected chi connectivity index (χ1v) is 5.37. The zero-order chi connectivity index (χ0) is 11.7. The van der Waals surface area contributed by atoms with Gasteiger partial charge in [0, 0.05) is 13.1 Å². The summed E-state index contributed by atoms with van der Waals surface area (Å²) < 4.78 is 0. The van der Waals surface area contributed by atoms with Gasteiger partial charge in [0.05, 0.1) is 17.5 Å². The maximum absolute atomic E-state index is 12.0. The minimum absolute atomic E-state index is 0.208. The quantitative estimate of drug-likeness (QED) is 0.620. The van der Waals surface area contributed by atoms with Crippen LogP contribution < -0.4 is 5.73 Å². The highest BCUT2D eigenvalue weighted by Gasteiger charge is 2.26. The van der Waals surface area contributed by atoms with Crippen LogP contribution in [-0.2, 0) is 0 Å². The van der Waals surface area contributed by atoms with Crippen LogP contribution in [0.3, 0.4) is 0 Å². The molecule has 0 spiro atoms. The van der Waals surface area contributed by atoms with Gasteiger partial charge in [0.25, 0.3) is 5.91 Å². The summed E-state index contributed by atoms with van der Waals surface area (Å²) in [4.78, 5) is 13.6. The number of nitrogens with two attached hydrogens (primary N) is 1. The van der Waals surface area contributed by atoms with Gasteiger partial charge in [-0.1, -0.05) is 0 Å². The molecule has 2 rings (SSSR count). The summed E-state index contributed by atoms with van der Waals surface area (Å²) in [5.74, 6) is -0.208. The summed E-state index contributed by atoms with van der Waals surface area (Å²) in [7, 11) is 0. The molecule has 1 aromatic heterocycles. The fraction of sp³-hybridized carbons (Fsp3) is 0.600. The molecule has 2 heterocycles. The summed E-state index contributed by atoms with van der Waals surface area (Å²) in [6, 6.07) is 0. The fourth-order valence-electron chi connectivity index (χ4n) is 1.89. The highest BCUT2D eigenvalue weighted by atomic mass is 16.3. The second-order valence-corrected chi connectivity index (χ2v) is 4.16. The number of rotatable bonds is 1. The van der Waals surface area contributed by atoms with E-state index < -0.39 is 6.10 Å². The summed E-state index contributed by atoms with van der Waals surface area (Å²) >= 11 is 0. The number of aromatic amines is 1. The van der Waals surface area contributed by atoms with Crippen LogP contribution >= 0.6 is 0 Å². The molecule has 88 valence electrons. The normalized spacial score (nSPS) is 21.1. The first-order valence-electron chi connectivity index (χ1n) is 5.37. The third-order valence-electron chi connectivity index (χ3n) is 2.88. The van der Waals surface area contributed by atoms with Crippen molar-refractivity contribution in [3.05, 3.63) is 11.4 Å². The standard InChI is InChI=1S/C10H16N4O2/c1-6-8(11)9(13-12-6)10(16)14-4-2-3-7(15)5-14/h7,15H,2-5,11H2,1H3,(H,12,13). The number of likely N-dealkylation sites (tertiary alicyclic amines) is 1. The Kier molecular flexibility index (Phi) is 2.82. The lowest BCUT2D eigenvalue weighted by Gasteiger charge is -2.29. The Hall–Kier alpha value is -1.56. The number of anilines is 1. The van der Waals surface area contributed by atoms with E-state index in [-0.39, 0.29) is 11.6 Å². The molecule has 0 aromatic carbocycles. The maximum Gasteiger partial charge on any atom is 0.276 e. The average molecular weight is 224 g/mol. The van der Waals surface area contributed by atoms with Crippen LogP contribution in [0.1, 0.15) is 29.0 Å². The van der Waals surface area contributed by atoms with Crippen molar-refractivity contribution in [2.45, 2.75) is 25.9 Å². The van der Waals surface area contributed by atoms with Crippen molar-refractivity contribution in [2.24, 2.45) is 0 Å². The highest BCUT2D eigenvalue weighted by Crippen LogP contribution is 2.18. The van der Waals surface area contributed by atoms with Crippen molar-refractivity contribution in [3.63, 3.8) is 0 Å². The number of carbonyl (C=O) groups is 1. The molecule has 1 aliphatic rings. The van der Waals surface area contributed by atoms with E-state index in [9.17, 15) is 9.90 Å². The molecule has 0 saturated carbocycles. The highest BCUT2D eigenvalue weighted by molar-refractivity contribution is 5.97. The lowest BCUT2D eigenvalue weighted by molar-refractivity contribution is 0.0470. The number of aliphatic hydroxyl groups is 1. The van der Waals surface area contributed by atoms with Gasteiger partial charge in [-0.25, -0.2) is 0 Å². The Bertz CT molecular complexity index is 402. The van der Waals surface area contributed by atoms with E-state index >= 15 is 0 Å². The molecule has 1 saturated heterocycles. The number of hydrogen-bond donors (Lipinski definition) is 3. The van der Waals surface area contributed by atoms with E-state index in [2.05, 4.69) is 10.2 Å². The zero-order valence-electron chi connectivity index (χ0n) is 9.23. The second-order valence-electron chi connectivity index (χ2n) is 4.16. The number of hydrogen-bond acceptors (Lipinski definition) is 4. The minimum atomic E-state index is -0.432. The zero-order valence-corrected chi connectivity index (χ0v) is 9.23. The lowest BCUT2D eigenvalue weighted by atomic mass is 10.1. The van der Waals surface area contributed by atoms with Crippen molar-refractivity contribution in [2.75, 3.05) is 18.8 Å². The average Bonchev–Trinajstić information content (AvgIpc) is 2.59. The Labute approximate surface area is 93.4 Å². The Morgan fingerprint density at radius 2 is 2.44 bits per heavy atom. The number of aliphatic hydroxyl groups excluding tert-OH is 1. The van der Waals surface area contributed by atoms with Crippen molar-refractivity contribution in [1.82, 2.24) is 15.1 Å². The lowest BCUT2D eigenvalue weighted by Crippen LogP contribution is -2.42. The molecule has 1 aliphatic heterocycles. The SMILES string of the molecule is Cc1[nH]nc(C(=O)N2CCCC(O)C2)c1N. The van der Waals surface area contributed by atoms with Crippen LogP contribution in [0.15, 0.2) is 0 Å². The molecule has 6 nitrogen and oxygen atoms in total. The van der Waals surface area contributed by atoms with E-state index in [1.165, 1.54) is 0 Å². The van der Waals surface area contributed by atoms with Gasteiger partial charge in [-0.15, -0.1) is 0 Å². The second kappa shape index (κ2) is 4.13. The molecule has 0 bridgehead atoms. The molecule has 6 heteroatoms. The number of nitrogen functional groups attached to an aromatic ring is 1. The van der Waals surface area contributed by atoms with Crippen LogP contribution in [0.5, 0.6) is 0 Å². The molecular weight excluding hydrogens is 208 g/mol. The van der Waals surface area contributed by atoms with Crippen molar-refractivity contribution in [3.8, 4) is 0 Å². The van der Waals surface area contributed by atoms with E-state index in [0.29, 0.717) is 24.5 Å². The van der Waals surface area contributed by atoms with Gasteiger partial charge in [-0.05, 0) is 19.8 Å².